The van der Waals surface area contributed by atoms with Gasteiger partial charge in [0.25, 0.3) is 5.91 Å². The van der Waals surface area contributed by atoms with Gasteiger partial charge >= 0.3 is 12.3 Å². The zero-order chi connectivity index (χ0) is 20.4. The molecular weight excluding hydrogens is 361 g/mol. The summed E-state index contributed by atoms with van der Waals surface area (Å²) >= 11 is 0. The van der Waals surface area contributed by atoms with Crippen LogP contribution in [0.5, 0.6) is 0 Å². The van der Waals surface area contributed by atoms with Crippen molar-refractivity contribution in [3.63, 3.8) is 0 Å². The van der Waals surface area contributed by atoms with Crippen LogP contribution in [-0.2, 0) is 10.9 Å². The van der Waals surface area contributed by atoms with E-state index in [1.165, 1.54) is 24.1 Å². The van der Waals surface area contributed by atoms with E-state index in [2.05, 4.69) is 5.32 Å². The summed E-state index contributed by atoms with van der Waals surface area (Å²) in [7, 11) is 1.28. The number of benzene rings is 1. The van der Waals surface area contributed by atoms with E-state index in [0.29, 0.717) is 24.1 Å². The van der Waals surface area contributed by atoms with Gasteiger partial charge in [-0.15, -0.1) is 0 Å². The van der Waals surface area contributed by atoms with Gasteiger partial charge in [-0.1, -0.05) is 12.1 Å². The van der Waals surface area contributed by atoms with Crippen LogP contribution >= 0.6 is 0 Å². The summed E-state index contributed by atoms with van der Waals surface area (Å²) in [6.45, 7) is 5.90. The molecule has 0 saturated carbocycles. The van der Waals surface area contributed by atoms with E-state index >= 15 is 0 Å². The van der Waals surface area contributed by atoms with E-state index in [1.54, 1.807) is 26.8 Å². The molecule has 2 rings (SSSR count). The van der Waals surface area contributed by atoms with Gasteiger partial charge in [0, 0.05) is 20.1 Å². The summed E-state index contributed by atoms with van der Waals surface area (Å²) in [6.07, 6.45) is -2.99. The quantitative estimate of drug-likeness (QED) is 0.836. The zero-order valence-electron chi connectivity index (χ0n) is 15.7. The van der Waals surface area contributed by atoms with Crippen LogP contribution in [0.2, 0.25) is 0 Å². The predicted molar refractivity (Wildman–Crippen MR) is 95.2 cm³/mol. The molecule has 1 aliphatic rings. The first-order valence-electron chi connectivity index (χ1n) is 8.53. The third-order valence-corrected chi connectivity index (χ3v) is 4.03. The average molecular weight is 384 g/mol. The largest absolute Gasteiger partial charge is 0.444 e. The van der Waals surface area contributed by atoms with Gasteiger partial charge in [-0.05, 0) is 50.5 Å². The molecule has 1 aromatic carbocycles. The lowest BCUT2D eigenvalue weighted by atomic mass is 9.95. The summed E-state index contributed by atoms with van der Waals surface area (Å²) < 4.78 is 45.3. The Bertz CT molecular complexity index is 764. The Morgan fingerprint density at radius 2 is 1.85 bits per heavy atom. The van der Waals surface area contributed by atoms with Gasteiger partial charge < -0.3 is 15.0 Å². The molecule has 5 nitrogen and oxygen atoms in total. The van der Waals surface area contributed by atoms with Crippen LogP contribution < -0.4 is 5.32 Å². The van der Waals surface area contributed by atoms with Gasteiger partial charge in [0.05, 0.1) is 11.1 Å². The Balaban J connectivity index is 2.25. The lowest BCUT2D eigenvalue weighted by molar-refractivity contribution is -0.137. The molecule has 8 heteroatoms. The zero-order valence-corrected chi connectivity index (χ0v) is 15.7. The van der Waals surface area contributed by atoms with Gasteiger partial charge in [-0.25, -0.2) is 4.79 Å². The van der Waals surface area contributed by atoms with Gasteiger partial charge in [-0.3, -0.25) is 4.79 Å². The number of carbonyl (C=O) groups is 2. The maximum Gasteiger partial charge on any atom is 0.417 e. The van der Waals surface area contributed by atoms with Crippen molar-refractivity contribution in [2.24, 2.45) is 0 Å². The van der Waals surface area contributed by atoms with Crippen LogP contribution in [0.4, 0.5) is 18.0 Å². The molecule has 1 aromatic rings. The molecule has 0 atom stereocenters. The summed E-state index contributed by atoms with van der Waals surface area (Å²) in [6, 6.07) is 3.66. The fourth-order valence-corrected chi connectivity index (χ4v) is 2.73. The molecule has 0 bridgehead atoms. The normalized spacial score (nSPS) is 15.2. The number of rotatable bonds is 2. The van der Waals surface area contributed by atoms with E-state index in [9.17, 15) is 22.8 Å². The van der Waals surface area contributed by atoms with E-state index < -0.39 is 34.9 Å². The van der Waals surface area contributed by atoms with Gasteiger partial charge in [0.1, 0.15) is 5.60 Å². The van der Waals surface area contributed by atoms with E-state index in [-0.39, 0.29) is 6.54 Å². The molecule has 0 fully saturated rings. The Morgan fingerprint density at radius 1 is 1.19 bits per heavy atom. The summed E-state index contributed by atoms with van der Waals surface area (Å²) in [5.41, 5.74) is -0.920. The minimum Gasteiger partial charge on any atom is -0.444 e. The van der Waals surface area contributed by atoms with Crippen LogP contribution in [0, 0.1) is 0 Å². The number of amides is 2. The number of hydrogen-bond donors (Lipinski definition) is 1. The van der Waals surface area contributed by atoms with Crippen molar-refractivity contribution in [2.75, 3.05) is 20.1 Å². The minimum absolute atomic E-state index is 0.253. The Morgan fingerprint density at radius 3 is 2.33 bits per heavy atom. The number of halogens is 3. The third kappa shape index (κ3) is 5.24. The average Bonchev–Trinajstić information content (AvgIpc) is 2.58. The van der Waals surface area contributed by atoms with Crippen molar-refractivity contribution < 1.29 is 27.5 Å². The SMILES string of the molecule is CNC(=O)c1ccc(C2=CCN(C(=O)OC(C)(C)C)CC2)cc1C(F)(F)F. The number of nitrogens with one attached hydrogen (secondary N) is 1. The highest BCUT2D eigenvalue weighted by Gasteiger charge is 2.35. The number of alkyl halides is 3. The predicted octanol–water partition coefficient (Wildman–Crippen LogP) is 4.09. The highest BCUT2D eigenvalue weighted by Crippen LogP contribution is 2.35. The fraction of sp³-hybridized carbons (Fsp3) is 0.474. The molecule has 27 heavy (non-hydrogen) atoms. The molecule has 1 aliphatic heterocycles. The second-order valence-electron chi connectivity index (χ2n) is 7.24. The topological polar surface area (TPSA) is 58.6 Å². The highest BCUT2D eigenvalue weighted by atomic mass is 19.4. The first kappa shape index (κ1) is 20.8. The first-order chi connectivity index (χ1) is 12.4. The minimum atomic E-state index is -4.64. The van der Waals surface area contributed by atoms with Crippen molar-refractivity contribution in [3.05, 3.63) is 41.0 Å². The van der Waals surface area contributed by atoms with Crippen LogP contribution in [0.3, 0.4) is 0 Å². The Hall–Kier alpha value is -2.51. The molecule has 0 spiro atoms. The molecule has 1 N–H and O–H groups in total. The van der Waals surface area contributed by atoms with E-state index in [4.69, 9.17) is 4.74 Å². The van der Waals surface area contributed by atoms with Crippen molar-refractivity contribution >= 4 is 17.6 Å². The molecule has 1 heterocycles. The maximum absolute atomic E-state index is 13.3. The molecule has 0 saturated heterocycles. The monoisotopic (exact) mass is 384 g/mol. The summed E-state index contributed by atoms with van der Waals surface area (Å²) in [4.78, 5) is 25.3. The third-order valence-electron chi connectivity index (χ3n) is 4.03. The molecule has 0 aromatic heterocycles. The van der Waals surface area contributed by atoms with Crippen LogP contribution in [0.15, 0.2) is 24.3 Å². The number of ether oxygens (including phenoxy) is 1. The molecule has 0 radical (unpaired) electrons. The second kappa shape index (κ2) is 7.62. The summed E-state index contributed by atoms with van der Waals surface area (Å²) in [5.74, 6) is -0.789. The molecule has 148 valence electrons. The first-order valence-corrected chi connectivity index (χ1v) is 8.53. The van der Waals surface area contributed by atoms with Crippen LogP contribution in [-0.4, -0.2) is 42.6 Å². The lowest BCUT2D eigenvalue weighted by Crippen LogP contribution is -2.39. The standard InChI is InChI=1S/C19H23F3N2O3/c1-18(2,3)27-17(26)24-9-7-12(8-10-24)13-5-6-14(16(25)23-4)15(11-13)19(20,21)22/h5-7,11H,8-10H2,1-4H3,(H,23,25). The summed E-state index contributed by atoms with van der Waals surface area (Å²) in [5, 5.41) is 2.22. The smallest absolute Gasteiger partial charge is 0.417 e. The van der Waals surface area contributed by atoms with Crippen LogP contribution in [0.25, 0.3) is 5.57 Å². The number of nitrogens with zero attached hydrogens (tertiary/aromatic N) is 1. The van der Waals surface area contributed by atoms with Gasteiger partial charge in [0.2, 0.25) is 0 Å². The Labute approximate surface area is 156 Å². The van der Waals surface area contributed by atoms with Crippen molar-refractivity contribution in [3.8, 4) is 0 Å². The number of carbonyl (C=O) groups excluding carboxylic acids is 2. The van der Waals surface area contributed by atoms with E-state index in [1.807, 2.05) is 0 Å². The van der Waals surface area contributed by atoms with Crippen molar-refractivity contribution in [2.45, 2.75) is 39.0 Å². The van der Waals surface area contributed by atoms with E-state index in [0.717, 1.165) is 6.07 Å². The molecule has 0 unspecified atom stereocenters. The molecule has 2 amide bonds. The van der Waals surface area contributed by atoms with Gasteiger partial charge in [-0.2, -0.15) is 13.2 Å². The van der Waals surface area contributed by atoms with Crippen molar-refractivity contribution in [1.29, 1.82) is 0 Å². The fourth-order valence-electron chi connectivity index (χ4n) is 2.73. The molecule has 0 aliphatic carbocycles. The van der Waals surface area contributed by atoms with Crippen molar-refractivity contribution in [1.82, 2.24) is 10.2 Å². The Kier molecular flexibility index (Phi) is 5.87. The lowest BCUT2D eigenvalue weighted by Gasteiger charge is -2.29. The second-order valence-corrected chi connectivity index (χ2v) is 7.24. The highest BCUT2D eigenvalue weighted by molar-refractivity contribution is 5.96. The molecular formula is C19H23F3N2O3. The maximum atomic E-state index is 13.3. The number of hydrogen-bond acceptors (Lipinski definition) is 3. The van der Waals surface area contributed by atoms with Gasteiger partial charge in [0.15, 0.2) is 0 Å². The van der Waals surface area contributed by atoms with Crippen LogP contribution in [0.1, 0.15) is 48.7 Å².